The average molecular weight is 1710 g/mol. The minimum atomic E-state index is -1.88. The Morgan fingerprint density at radius 1 is 0.549 bits per heavy atom. The highest BCUT2D eigenvalue weighted by atomic mass is 16.4. The number of unbranched alkanes of at least 4 members (excludes halogenated alkanes) is 1. The molecule has 122 heavy (non-hydrogen) atoms. The monoisotopic (exact) mass is 1710 g/mol. The number of H-pyrrole nitrogens is 1. The zero-order valence-corrected chi connectivity index (χ0v) is 69.6. The second kappa shape index (κ2) is 51.5. The van der Waals surface area contributed by atoms with Gasteiger partial charge in [0.2, 0.25) is 100 Å². The van der Waals surface area contributed by atoms with Crippen molar-refractivity contribution in [1.29, 1.82) is 5.41 Å². The molecule has 0 radical (unpaired) electrons. The predicted molar refractivity (Wildman–Crippen MR) is 438 cm³/mol. The number of amides is 17. The Hall–Kier alpha value is -12.9. The van der Waals surface area contributed by atoms with Crippen LogP contribution < -0.4 is 103 Å². The smallest absolute Gasteiger partial charge is 0.303 e. The number of hydrogen-bond acceptors (Lipinski definition) is 23. The summed E-state index contributed by atoms with van der Waals surface area (Å²) in [4.78, 5) is 253. The van der Waals surface area contributed by atoms with Crippen LogP contribution in [0.3, 0.4) is 0 Å². The fourth-order valence-electron chi connectivity index (χ4n) is 12.7. The number of aliphatic carboxylic acids is 1. The summed E-state index contributed by atoms with van der Waals surface area (Å²) in [5.74, 6) is -18.7. The zero-order valence-electron chi connectivity index (χ0n) is 69.6. The summed E-state index contributed by atoms with van der Waals surface area (Å²) in [6, 6.07) is -6.44. The Balaban J connectivity index is 1.50. The number of guanidine groups is 1. The molecule has 17 amide bonds. The topological polar surface area (TPSA) is 708 Å². The molecule has 0 saturated carbocycles. The van der Waals surface area contributed by atoms with E-state index in [0.717, 1.165) is 0 Å². The number of imidazole rings is 1. The van der Waals surface area contributed by atoms with Crippen molar-refractivity contribution in [3.8, 4) is 5.75 Å². The number of carboxylic acids is 1. The van der Waals surface area contributed by atoms with Gasteiger partial charge in [-0.3, -0.25) is 91.7 Å². The Bertz CT molecular complexity index is 4100. The van der Waals surface area contributed by atoms with E-state index in [1.165, 1.54) is 69.4 Å². The molecular formula is C78H119N23O21. The molecule has 1 saturated heterocycles. The van der Waals surface area contributed by atoms with Crippen LogP contribution in [0.5, 0.6) is 5.75 Å². The van der Waals surface area contributed by atoms with Crippen LogP contribution in [0.1, 0.15) is 149 Å². The van der Waals surface area contributed by atoms with Crippen molar-refractivity contribution in [3.63, 3.8) is 0 Å². The number of phenolic OH excluding ortho intramolecular Hbond substituents is 1. The molecule has 14 atom stereocenters. The number of rotatable bonds is 53. The summed E-state index contributed by atoms with van der Waals surface area (Å²) in [6.07, 6.45) is 0.872. The van der Waals surface area contributed by atoms with Gasteiger partial charge in [-0.1, -0.05) is 77.1 Å². The van der Waals surface area contributed by atoms with E-state index in [-0.39, 0.29) is 101 Å². The minimum absolute atomic E-state index is 0.00426. The number of aromatic amines is 1. The highest BCUT2D eigenvalue weighted by molar-refractivity contribution is 6.01. The first kappa shape index (κ1) is 101. The summed E-state index contributed by atoms with van der Waals surface area (Å²) in [5, 5.41) is 75.0. The molecule has 44 heteroatoms. The third-order valence-electron chi connectivity index (χ3n) is 19.3. The van der Waals surface area contributed by atoms with Crippen molar-refractivity contribution in [1.82, 2.24) is 94.6 Å². The number of aromatic nitrogens is 2. The fourth-order valence-corrected chi connectivity index (χ4v) is 12.7. The van der Waals surface area contributed by atoms with Gasteiger partial charge < -0.3 is 128 Å². The van der Waals surface area contributed by atoms with Gasteiger partial charge in [-0.25, -0.2) is 4.98 Å². The van der Waals surface area contributed by atoms with Crippen LogP contribution in [0.25, 0.3) is 0 Å². The number of aliphatic hydroxyl groups is 1. The molecule has 28 N–H and O–H groups in total. The third-order valence-corrected chi connectivity index (χ3v) is 19.3. The molecule has 2 heterocycles. The molecule has 2 aromatic carbocycles. The summed E-state index contributed by atoms with van der Waals surface area (Å²) in [7, 11) is 0. The van der Waals surface area contributed by atoms with Gasteiger partial charge in [0.05, 0.1) is 31.6 Å². The zero-order chi connectivity index (χ0) is 91.0. The molecule has 0 spiro atoms. The van der Waals surface area contributed by atoms with Crippen LogP contribution in [0.2, 0.25) is 0 Å². The van der Waals surface area contributed by atoms with Crippen LogP contribution in [-0.2, 0) is 106 Å². The van der Waals surface area contributed by atoms with Crippen molar-refractivity contribution in [2.75, 3.05) is 32.8 Å². The number of nitrogens with one attached hydrogen (secondary N) is 17. The number of hydrogen-bond donors (Lipinski definition) is 24. The number of carbonyl (C=O) groups is 18. The number of aliphatic hydroxyl groups excluding tert-OH is 1. The first-order chi connectivity index (χ1) is 57.6. The number of carboxylic acid groups (broad SMARTS) is 1. The number of likely N-dealkylation sites (tertiary alicyclic amines) is 1. The molecule has 4 rings (SSSR count). The molecule has 44 nitrogen and oxygen atoms in total. The van der Waals surface area contributed by atoms with Crippen LogP contribution in [0.15, 0.2) is 67.1 Å². The van der Waals surface area contributed by atoms with Gasteiger partial charge in [-0.15, -0.1) is 0 Å². The molecule has 1 aliphatic heterocycles. The number of nitrogens with zero attached hydrogens (tertiary/aromatic N) is 2. The second-order valence-electron chi connectivity index (χ2n) is 30.3. The van der Waals surface area contributed by atoms with E-state index < -0.39 is 235 Å². The summed E-state index contributed by atoms with van der Waals surface area (Å²) < 4.78 is 0. The van der Waals surface area contributed by atoms with Gasteiger partial charge >= 0.3 is 5.97 Å². The third kappa shape index (κ3) is 35.6. The van der Waals surface area contributed by atoms with E-state index in [2.05, 4.69) is 89.7 Å². The molecule has 0 bridgehead atoms. The lowest BCUT2D eigenvalue weighted by molar-refractivity contribution is -0.142. The lowest BCUT2D eigenvalue weighted by atomic mass is 9.99. The van der Waals surface area contributed by atoms with E-state index in [4.69, 9.17) is 28.3 Å². The lowest BCUT2D eigenvalue weighted by Crippen LogP contribution is -2.61. The van der Waals surface area contributed by atoms with Crippen LogP contribution in [-0.4, -0.2) is 260 Å². The number of carbonyl (C=O) groups excluding carboxylic acids is 17. The van der Waals surface area contributed by atoms with Crippen LogP contribution in [0, 0.1) is 17.2 Å². The fraction of sp³-hybridized carbons (Fsp3) is 0.564. The van der Waals surface area contributed by atoms with Crippen LogP contribution in [0.4, 0.5) is 0 Å². The quantitative estimate of drug-likeness (QED) is 0.0142. The Morgan fingerprint density at radius 3 is 1.63 bits per heavy atom. The number of phenols is 1. The van der Waals surface area contributed by atoms with Crippen molar-refractivity contribution < 1.29 is 102 Å². The van der Waals surface area contributed by atoms with Gasteiger partial charge in [0, 0.05) is 51.9 Å². The van der Waals surface area contributed by atoms with E-state index in [0.29, 0.717) is 24.0 Å². The maximum atomic E-state index is 14.7. The highest BCUT2D eigenvalue weighted by Gasteiger charge is 2.42. The molecule has 3 aromatic rings. The lowest BCUT2D eigenvalue weighted by Gasteiger charge is -2.31. The Kier molecular flexibility index (Phi) is 42.9. The standard InChI is InChI=1S/C78H119N23O21/c1-9-49(67(112)98-56(35-60(80)105)72(117)96-54(32-46-22-24-48(104)25-23-46)73(118)100-63(41(4)5)76(121)99-57(33-45-17-11-10-12-18-45)77(122)101-30-16-21-59(101)75(120)88-42(6)64(81)109)92-74(119)58(38-102)91-61(106)37-86-66(111)55(34-47-36-84-39-87-47)97-69(114)51(20-15-29-85-78(82)83)93-65(110)43(7)89-68(113)50(19-13-14-28-79)94-70(115)52(26-27-62(107)108)95-71(116)53(31-40(2)3)90-44(8)103/h10-12,17-18,22-25,36,39-43,49-59,63,102,104H,9,13-16,19-21,26-35,37-38,79H2,1-8H3,(H2,80,105)(H2,81,109)(H,84,87)(H,86,111)(H,88,120)(H,89,113)(H,90,103)(H,91,106)(H,92,119)(H,93,110)(H,94,115)(H,95,116)(H,96,117)(H,97,114)(H,98,112)(H,99,121)(H,100,118)(H,107,108)(H4,82,83,85)/t42-,43-,49?,50-,51-,52-,53-,54-,55-,56-,57-,58-,59-,63-/m0/s1. The van der Waals surface area contributed by atoms with Gasteiger partial charge in [0.25, 0.3) is 0 Å². The normalized spacial score (nSPS) is 15.5. The molecule has 1 fully saturated rings. The van der Waals surface area contributed by atoms with E-state index in [1.807, 2.05) is 0 Å². The number of primary amides is 2. The number of aromatic hydroxyl groups is 1. The van der Waals surface area contributed by atoms with Crippen molar-refractivity contribution >= 4 is 112 Å². The van der Waals surface area contributed by atoms with E-state index in [1.54, 1.807) is 58.0 Å². The van der Waals surface area contributed by atoms with Crippen molar-refractivity contribution in [3.05, 3.63) is 83.9 Å². The van der Waals surface area contributed by atoms with Crippen LogP contribution >= 0.6 is 0 Å². The summed E-state index contributed by atoms with van der Waals surface area (Å²) >= 11 is 0. The molecular weight excluding hydrogens is 1590 g/mol. The highest BCUT2D eigenvalue weighted by Crippen LogP contribution is 2.22. The second-order valence-corrected chi connectivity index (χ2v) is 30.3. The first-order valence-electron chi connectivity index (χ1n) is 40.1. The Labute approximate surface area is 704 Å². The maximum absolute atomic E-state index is 14.7. The predicted octanol–water partition coefficient (Wildman–Crippen LogP) is -6.67. The Morgan fingerprint density at radius 2 is 1.07 bits per heavy atom. The SMILES string of the molecule is CCC(NC(=O)[C@H](CO)NC(=O)CNC(=O)[C@H](Cc1c[nH]cn1)NC(=O)[C@H](CCCNC(=N)N)NC(=O)[C@H](C)NC(=O)[C@H](CCCCN)NC(=O)[C@H](CCC(=O)O)NC(=O)[C@H](CC(C)C)NC(C)=O)C(=O)N[C@@H](CC(N)=O)C(=O)N[C@@H](Cc1ccc(O)cc1)C(=O)N[C@H](C(=O)N[C@@H](Cc1ccccc1)C(=O)N1CCC[C@H]1C(=O)N[C@@H](C)C(N)=O)C(C)C. The average Bonchev–Trinajstić information content (AvgIpc) is 1.59. The van der Waals surface area contributed by atoms with Gasteiger partial charge in [0.1, 0.15) is 90.3 Å². The van der Waals surface area contributed by atoms with Crippen molar-refractivity contribution in [2.45, 2.75) is 236 Å². The van der Waals surface area contributed by atoms with Crippen molar-refractivity contribution in [2.24, 2.45) is 34.8 Å². The molecule has 1 aromatic heterocycles. The van der Waals surface area contributed by atoms with Gasteiger partial charge in [-0.2, -0.15) is 0 Å². The largest absolute Gasteiger partial charge is 0.508 e. The molecule has 1 aliphatic rings. The number of nitrogens with two attached hydrogens (primary N) is 4. The first-order valence-corrected chi connectivity index (χ1v) is 40.1. The summed E-state index contributed by atoms with van der Waals surface area (Å²) in [5.41, 5.74) is 23.3. The van der Waals surface area contributed by atoms with Gasteiger partial charge in [0.15, 0.2) is 5.96 Å². The molecule has 672 valence electrons. The van der Waals surface area contributed by atoms with Gasteiger partial charge in [-0.05, 0) is 120 Å². The van der Waals surface area contributed by atoms with E-state index in [9.17, 15) is 102 Å². The summed E-state index contributed by atoms with van der Waals surface area (Å²) in [6.45, 7) is 10.2. The molecule has 1 unspecified atom stereocenters. The molecule has 0 aliphatic carbocycles. The minimum Gasteiger partial charge on any atom is -0.508 e. The maximum Gasteiger partial charge on any atom is 0.303 e. The van der Waals surface area contributed by atoms with E-state index >= 15 is 0 Å². The number of benzene rings is 2.